The summed E-state index contributed by atoms with van der Waals surface area (Å²) in [5.41, 5.74) is 0.770. The van der Waals surface area contributed by atoms with Crippen molar-refractivity contribution < 1.29 is 9.53 Å². The molecule has 4 rings (SSSR count). The Balaban J connectivity index is 1.43. The van der Waals surface area contributed by atoms with Crippen LogP contribution in [-0.2, 0) is 0 Å². The molecule has 0 amide bonds. The van der Waals surface area contributed by atoms with Gasteiger partial charge in [0.05, 0.1) is 0 Å². The van der Waals surface area contributed by atoms with Gasteiger partial charge < -0.3 is 9.64 Å². The Labute approximate surface area is 149 Å². The number of ketones is 1. The van der Waals surface area contributed by atoms with Gasteiger partial charge in [-0.2, -0.15) is 0 Å². The van der Waals surface area contributed by atoms with Crippen molar-refractivity contribution in [3.8, 4) is 11.5 Å². The lowest BCUT2D eigenvalue weighted by atomic mass is 9.90. The van der Waals surface area contributed by atoms with E-state index in [-0.39, 0.29) is 11.7 Å². The molecule has 0 unspecified atom stereocenters. The normalized spacial score (nSPS) is 21.0. The van der Waals surface area contributed by atoms with Gasteiger partial charge in [-0.25, -0.2) is 0 Å². The molecule has 2 aliphatic rings. The van der Waals surface area contributed by atoms with Crippen LogP contribution in [0.3, 0.4) is 0 Å². The minimum Gasteiger partial charge on any atom is -0.457 e. The van der Waals surface area contributed by atoms with Gasteiger partial charge in [0.15, 0.2) is 5.78 Å². The summed E-state index contributed by atoms with van der Waals surface area (Å²) in [6.45, 7) is 3.25. The molecule has 0 aromatic heterocycles. The Morgan fingerprint density at radius 3 is 2.60 bits per heavy atom. The zero-order chi connectivity index (χ0) is 17.1. The van der Waals surface area contributed by atoms with Gasteiger partial charge in [-0.1, -0.05) is 30.3 Å². The summed E-state index contributed by atoms with van der Waals surface area (Å²) in [5, 5.41) is 0. The molecule has 1 aliphatic carbocycles. The molecule has 25 heavy (non-hydrogen) atoms. The smallest absolute Gasteiger partial charge is 0.167 e. The first kappa shape index (κ1) is 16.3. The number of nitrogens with zero attached hydrogens (tertiary/aromatic N) is 1. The van der Waals surface area contributed by atoms with Crippen molar-refractivity contribution in [2.24, 2.45) is 11.8 Å². The van der Waals surface area contributed by atoms with Gasteiger partial charge in [-0.3, -0.25) is 4.79 Å². The number of rotatable bonds is 6. The summed E-state index contributed by atoms with van der Waals surface area (Å²) >= 11 is 0. The number of Topliss-reactive ketones (excluding diaryl/α,β-unsaturated/α-hetero) is 1. The topological polar surface area (TPSA) is 29.5 Å². The molecule has 0 spiro atoms. The number of hydrogen-bond acceptors (Lipinski definition) is 3. The second kappa shape index (κ2) is 7.40. The molecule has 0 N–H and O–H groups in total. The van der Waals surface area contributed by atoms with Gasteiger partial charge in [0, 0.05) is 24.6 Å². The SMILES string of the molecule is O=C(c1cccc(Oc2ccccc2)c1)[C@@H]1CCCN(CC2CC2)C1. The van der Waals surface area contributed by atoms with Crippen LogP contribution in [0.1, 0.15) is 36.0 Å². The lowest BCUT2D eigenvalue weighted by Crippen LogP contribution is -2.39. The Bertz CT molecular complexity index is 724. The minimum absolute atomic E-state index is 0.125. The van der Waals surface area contributed by atoms with E-state index in [9.17, 15) is 4.79 Å². The summed E-state index contributed by atoms with van der Waals surface area (Å²) < 4.78 is 5.88. The first-order valence-corrected chi connectivity index (χ1v) is 9.37. The Morgan fingerprint density at radius 2 is 1.80 bits per heavy atom. The van der Waals surface area contributed by atoms with Gasteiger partial charge in [-0.05, 0) is 62.4 Å². The van der Waals surface area contributed by atoms with Crippen molar-refractivity contribution >= 4 is 5.78 Å². The van der Waals surface area contributed by atoms with E-state index in [2.05, 4.69) is 4.90 Å². The first-order chi connectivity index (χ1) is 12.3. The van der Waals surface area contributed by atoms with Crippen LogP contribution < -0.4 is 4.74 Å². The fraction of sp³-hybridized carbons (Fsp3) is 0.409. The highest BCUT2D eigenvalue weighted by Gasteiger charge is 2.30. The minimum atomic E-state index is 0.125. The maximum atomic E-state index is 13.0. The molecule has 2 aromatic carbocycles. The van der Waals surface area contributed by atoms with Crippen molar-refractivity contribution in [3.05, 3.63) is 60.2 Å². The Hall–Kier alpha value is -2.13. The summed E-state index contributed by atoms with van der Waals surface area (Å²) in [6, 6.07) is 17.3. The van der Waals surface area contributed by atoms with E-state index in [1.165, 1.54) is 19.4 Å². The van der Waals surface area contributed by atoms with Crippen LogP contribution in [-0.4, -0.2) is 30.3 Å². The molecular weight excluding hydrogens is 310 g/mol. The van der Waals surface area contributed by atoms with Crippen LogP contribution in [0.4, 0.5) is 0 Å². The molecule has 0 radical (unpaired) electrons. The third kappa shape index (κ3) is 4.29. The van der Waals surface area contributed by atoms with Crippen molar-refractivity contribution in [2.75, 3.05) is 19.6 Å². The molecule has 3 heteroatoms. The summed E-state index contributed by atoms with van der Waals surface area (Å²) in [5.74, 6) is 2.79. The highest BCUT2D eigenvalue weighted by molar-refractivity contribution is 5.98. The Kier molecular flexibility index (Phi) is 4.84. The number of piperidine rings is 1. The molecule has 1 atom stereocenters. The molecular formula is C22H25NO2. The molecule has 1 aliphatic heterocycles. The fourth-order valence-corrected chi connectivity index (χ4v) is 3.67. The summed E-state index contributed by atoms with van der Waals surface area (Å²) in [7, 11) is 0. The van der Waals surface area contributed by atoms with Crippen molar-refractivity contribution in [3.63, 3.8) is 0 Å². The van der Waals surface area contributed by atoms with Gasteiger partial charge >= 0.3 is 0 Å². The van der Waals surface area contributed by atoms with E-state index in [1.807, 2.05) is 54.6 Å². The molecule has 1 saturated carbocycles. The fourth-order valence-electron chi connectivity index (χ4n) is 3.67. The average Bonchev–Trinajstić information content (AvgIpc) is 3.46. The zero-order valence-corrected chi connectivity index (χ0v) is 14.6. The van der Waals surface area contributed by atoms with Crippen molar-refractivity contribution in [1.29, 1.82) is 0 Å². The number of hydrogen-bond donors (Lipinski definition) is 0. The third-order valence-corrected chi connectivity index (χ3v) is 5.19. The lowest BCUT2D eigenvalue weighted by Gasteiger charge is -2.32. The maximum absolute atomic E-state index is 13.0. The molecule has 2 fully saturated rings. The van der Waals surface area contributed by atoms with Crippen molar-refractivity contribution in [1.82, 2.24) is 4.90 Å². The molecule has 0 bridgehead atoms. The Morgan fingerprint density at radius 1 is 1.00 bits per heavy atom. The van der Waals surface area contributed by atoms with Crippen LogP contribution in [0.2, 0.25) is 0 Å². The number of benzene rings is 2. The molecule has 3 nitrogen and oxygen atoms in total. The van der Waals surface area contributed by atoms with E-state index < -0.39 is 0 Å². The number of likely N-dealkylation sites (tertiary alicyclic amines) is 1. The van der Waals surface area contributed by atoms with Gasteiger partial charge in [0.25, 0.3) is 0 Å². The second-order valence-corrected chi connectivity index (χ2v) is 7.35. The predicted molar refractivity (Wildman–Crippen MR) is 99.2 cm³/mol. The van der Waals surface area contributed by atoms with Crippen LogP contribution >= 0.6 is 0 Å². The molecule has 130 valence electrons. The quantitative estimate of drug-likeness (QED) is 0.711. The third-order valence-electron chi connectivity index (χ3n) is 5.19. The van der Waals surface area contributed by atoms with Crippen LogP contribution in [0.5, 0.6) is 11.5 Å². The predicted octanol–water partition coefficient (Wildman–Crippen LogP) is 4.78. The number of carbonyl (C=O) groups excluding carboxylic acids is 1. The average molecular weight is 335 g/mol. The van der Waals surface area contributed by atoms with E-state index in [0.29, 0.717) is 0 Å². The lowest BCUT2D eigenvalue weighted by molar-refractivity contribution is 0.0814. The molecule has 1 saturated heterocycles. The first-order valence-electron chi connectivity index (χ1n) is 9.37. The van der Waals surface area contributed by atoms with Gasteiger partial charge in [0.2, 0.25) is 0 Å². The van der Waals surface area contributed by atoms with E-state index in [4.69, 9.17) is 4.74 Å². The van der Waals surface area contributed by atoms with Crippen LogP contribution in [0, 0.1) is 11.8 Å². The van der Waals surface area contributed by atoms with Gasteiger partial charge in [0.1, 0.15) is 11.5 Å². The number of para-hydroxylation sites is 1. The maximum Gasteiger partial charge on any atom is 0.167 e. The highest BCUT2D eigenvalue weighted by atomic mass is 16.5. The largest absolute Gasteiger partial charge is 0.457 e. The van der Waals surface area contributed by atoms with E-state index in [1.54, 1.807) is 0 Å². The highest BCUT2D eigenvalue weighted by Crippen LogP contribution is 2.32. The molecule has 2 aromatic rings. The number of ether oxygens (including phenoxy) is 1. The standard InChI is InChI=1S/C22H25NO2/c24-22(19-7-5-13-23(16-19)15-17-11-12-17)18-6-4-10-21(14-18)25-20-8-2-1-3-9-20/h1-4,6,8-10,14,17,19H,5,7,11-13,15-16H2/t19-/m1/s1. The van der Waals surface area contributed by atoms with Crippen LogP contribution in [0.15, 0.2) is 54.6 Å². The van der Waals surface area contributed by atoms with E-state index >= 15 is 0 Å². The summed E-state index contributed by atoms with van der Waals surface area (Å²) in [6.07, 6.45) is 4.87. The molecule has 1 heterocycles. The number of carbonyl (C=O) groups is 1. The zero-order valence-electron chi connectivity index (χ0n) is 14.6. The summed E-state index contributed by atoms with van der Waals surface area (Å²) in [4.78, 5) is 15.5. The van der Waals surface area contributed by atoms with Crippen molar-refractivity contribution in [2.45, 2.75) is 25.7 Å². The van der Waals surface area contributed by atoms with Gasteiger partial charge in [-0.15, -0.1) is 0 Å². The monoisotopic (exact) mass is 335 g/mol. The van der Waals surface area contributed by atoms with E-state index in [0.717, 1.165) is 48.9 Å². The second-order valence-electron chi connectivity index (χ2n) is 7.35. The van der Waals surface area contributed by atoms with Crippen LogP contribution in [0.25, 0.3) is 0 Å².